The Hall–Kier alpha value is -2.09. The van der Waals surface area contributed by atoms with E-state index in [2.05, 4.69) is 10.5 Å². The molecule has 1 aliphatic rings. The highest BCUT2D eigenvalue weighted by atomic mass is 32.2. The van der Waals surface area contributed by atoms with Gasteiger partial charge in [-0.3, -0.25) is 4.79 Å². The second-order valence-corrected chi connectivity index (χ2v) is 6.87. The van der Waals surface area contributed by atoms with E-state index < -0.39 is 9.84 Å². The number of oxime groups is 1. The summed E-state index contributed by atoms with van der Waals surface area (Å²) in [7, 11) is -3.04. The molecular weight excluding hydrogens is 282 g/mol. The Balaban J connectivity index is 2.10. The molecule has 0 saturated carbocycles. The minimum atomic E-state index is -3.04. The molecule has 1 aromatic rings. The fourth-order valence-electron chi connectivity index (χ4n) is 2.06. The normalized spacial score (nSPS) is 21.6. The summed E-state index contributed by atoms with van der Waals surface area (Å²) in [5.41, 5.74) is 6.20. The van der Waals surface area contributed by atoms with Crippen molar-refractivity contribution in [3.05, 3.63) is 35.4 Å². The molecule has 8 heteroatoms. The zero-order valence-corrected chi connectivity index (χ0v) is 11.4. The van der Waals surface area contributed by atoms with Crippen LogP contribution in [-0.4, -0.2) is 42.9 Å². The topological polar surface area (TPSA) is 122 Å². The Kier molecular flexibility index (Phi) is 3.93. The summed E-state index contributed by atoms with van der Waals surface area (Å²) in [5, 5.41) is 14.1. The lowest BCUT2D eigenvalue weighted by Crippen LogP contribution is -2.35. The molecular formula is C12H15N3O4S. The van der Waals surface area contributed by atoms with Crippen molar-refractivity contribution in [3.8, 4) is 0 Å². The third-order valence-electron chi connectivity index (χ3n) is 3.10. The first-order chi connectivity index (χ1) is 9.41. The maximum Gasteiger partial charge on any atom is 0.251 e. The summed E-state index contributed by atoms with van der Waals surface area (Å²) < 4.78 is 22.7. The van der Waals surface area contributed by atoms with Crippen LogP contribution in [0.15, 0.2) is 29.4 Å². The monoisotopic (exact) mass is 297 g/mol. The van der Waals surface area contributed by atoms with Crippen molar-refractivity contribution in [2.24, 2.45) is 10.9 Å². The highest BCUT2D eigenvalue weighted by molar-refractivity contribution is 7.91. The number of carbonyl (C=O) groups excluding carboxylic acids is 1. The fourth-order valence-corrected chi connectivity index (χ4v) is 3.73. The predicted molar refractivity (Wildman–Crippen MR) is 73.5 cm³/mol. The van der Waals surface area contributed by atoms with Gasteiger partial charge in [0.25, 0.3) is 5.91 Å². The van der Waals surface area contributed by atoms with Crippen LogP contribution in [0.5, 0.6) is 0 Å². The number of rotatable bonds is 3. The molecule has 1 unspecified atom stereocenters. The van der Waals surface area contributed by atoms with Gasteiger partial charge in [-0.2, -0.15) is 0 Å². The molecule has 4 N–H and O–H groups in total. The van der Waals surface area contributed by atoms with Gasteiger partial charge in [0.1, 0.15) is 0 Å². The molecule has 1 amide bonds. The highest BCUT2D eigenvalue weighted by Gasteiger charge is 2.29. The molecule has 1 atom stereocenters. The zero-order valence-electron chi connectivity index (χ0n) is 10.6. The predicted octanol–water partition coefficient (Wildman–Crippen LogP) is -0.302. The number of hydrogen-bond donors (Lipinski definition) is 3. The van der Waals surface area contributed by atoms with E-state index >= 15 is 0 Å². The van der Waals surface area contributed by atoms with Crippen molar-refractivity contribution in [1.29, 1.82) is 0 Å². The van der Waals surface area contributed by atoms with Crippen molar-refractivity contribution in [1.82, 2.24) is 5.32 Å². The molecule has 20 heavy (non-hydrogen) atoms. The molecule has 1 saturated heterocycles. The van der Waals surface area contributed by atoms with Crippen molar-refractivity contribution < 1.29 is 18.4 Å². The summed E-state index contributed by atoms with van der Waals surface area (Å²) in [6.07, 6.45) is 0.425. The number of nitrogens with zero attached hydrogens (tertiary/aromatic N) is 1. The Morgan fingerprint density at radius 1 is 1.40 bits per heavy atom. The van der Waals surface area contributed by atoms with Gasteiger partial charge in [0.15, 0.2) is 15.7 Å². The molecule has 2 rings (SSSR count). The Morgan fingerprint density at radius 2 is 2.10 bits per heavy atom. The van der Waals surface area contributed by atoms with Crippen molar-refractivity contribution in [2.75, 3.05) is 11.5 Å². The van der Waals surface area contributed by atoms with Crippen molar-refractivity contribution in [2.45, 2.75) is 12.5 Å². The Morgan fingerprint density at radius 3 is 2.70 bits per heavy atom. The quantitative estimate of drug-likeness (QED) is 0.306. The van der Waals surface area contributed by atoms with E-state index in [9.17, 15) is 13.2 Å². The van der Waals surface area contributed by atoms with Gasteiger partial charge in [-0.1, -0.05) is 17.3 Å². The minimum absolute atomic E-state index is 0.0291. The summed E-state index contributed by atoms with van der Waals surface area (Å²) in [6, 6.07) is 5.90. The highest BCUT2D eigenvalue weighted by Crippen LogP contribution is 2.12. The van der Waals surface area contributed by atoms with Crippen LogP contribution in [0.3, 0.4) is 0 Å². The van der Waals surface area contributed by atoms with E-state index in [0.29, 0.717) is 17.5 Å². The van der Waals surface area contributed by atoms with Gasteiger partial charge >= 0.3 is 0 Å². The molecule has 0 bridgehead atoms. The van der Waals surface area contributed by atoms with Crippen LogP contribution in [0.4, 0.5) is 0 Å². The zero-order chi connectivity index (χ0) is 14.8. The van der Waals surface area contributed by atoms with Crippen LogP contribution in [0.25, 0.3) is 0 Å². The molecule has 1 heterocycles. The molecule has 7 nitrogen and oxygen atoms in total. The maximum atomic E-state index is 12.0. The molecule has 1 aromatic carbocycles. The maximum absolute atomic E-state index is 12.0. The Labute approximate surface area is 116 Å². The standard InChI is InChI=1S/C12H15N3O4S/c13-11(15-17)8-2-1-3-9(6-8)12(16)14-10-4-5-20(18,19)7-10/h1-3,6,10,17H,4-5,7H2,(H2,13,15)(H,14,16). The minimum Gasteiger partial charge on any atom is -0.409 e. The van der Waals surface area contributed by atoms with E-state index in [4.69, 9.17) is 10.9 Å². The van der Waals surface area contributed by atoms with Crippen LogP contribution in [0, 0.1) is 0 Å². The van der Waals surface area contributed by atoms with E-state index in [1.54, 1.807) is 18.2 Å². The largest absolute Gasteiger partial charge is 0.409 e. The van der Waals surface area contributed by atoms with Gasteiger partial charge in [-0.05, 0) is 18.6 Å². The molecule has 108 valence electrons. The van der Waals surface area contributed by atoms with E-state index in [1.165, 1.54) is 6.07 Å². The average Bonchev–Trinajstić information content (AvgIpc) is 2.77. The second kappa shape index (κ2) is 5.49. The third kappa shape index (κ3) is 3.27. The van der Waals surface area contributed by atoms with E-state index in [1.807, 2.05) is 0 Å². The smallest absolute Gasteiger partial charge is 0.251 e. The first kappa shape index (κ1) is 14.3. The molecule has 0 radical (unpaired) electrons. The first-order valence-corrected chi connectivity index (χ1v) is 7.82. The Bertz CT molecular complexity index is 654. The SMILES string of the molecule is N/C(=N\O)c1cccc(C(=O)NC2CCS(=O)(=O)C2)c1. The molecule has 0 aromatic heterocycles. The van der Waals surface area contributed by atoms with Crippen LogP contribution in [0.1, 0.15) is 22.3 Å². The number of sulfone groups is 1. The van der Waals surface area contributed by atoms with Crippen LogP contribution in [-0.2, 0) is 9.84 Å². The first-order valence-electron chi connectivity index (χ1n) is 6.00. The fraction of sp³-hybridized carbons (Fsp3) is 0.333. The van der Waals surface area contributed by atoms with E-state index in [0.717, 1.165) is 0 Å². The number of carbonyl (C=O) groups is 1. The molecule has 1 aliphatic heterocycles. The van der Waals surface area contributed by atoms with Crippen molar-refractivity contribution >= 4 is 21.6 Å². The number of nitrogens with one attached hydrogen (secondary N) is 1. The lowest BCUT2D eigenvalue weighted by molar-refractivity contribution is 0.0941. The van der Waals surface area contributed by atoms with E-state index in [-0.39, 0.29) is 29.3 Å². The van der Waals surface area contributed by atoms with Gasteiger partial charge < -0.3 is 16.3 Å². The summed E-state index contributed by atoms with van der Waals surface area (Å²) in [4.78, 5) is 12.0. The van der Waals surface area contributed by atoms with Gasteiger partial charge in [-0.25, -0.2) is 8.42 Å². The summed E-state index contributed by atoms with van der Waals surface area (Å²) in [6.45, 7) is 0. The van der Waals surface area contributed by atoms with Crippen LogP contribution in [0.2, 0.25) is 0 Å². The summed E-state index contributed by atoms with van der Waals surface area (Å²) >= 11 is 0. The number of hydrogen-bond acceptors (Lipinski definition) is 5. The molecule has 0 aliphatic carbocycles. The lowest BCUT2D eigenvalue weighted by Gasteiger charge is -2.11. The van der Waals surface area contributed by atoms with Crippen LogP contribution >= 0.6 is 0 Å². The van der Waals surface area contributed by atoms with Gasteiger partial charge in [0.05, 0.1) is 11.5 Å². The lowest BCUT2D eigenvalue weighted by atomic mass is 10.1. The number of nitrogens with two attached hydrogens (primary N) is 1. The third-order valence-corrected chi connectivity index (χ3v) is 4.86. The number of amides is 1. The van der Waals surface area contributed by atoms with Gasteiger partial charge in [-0.15, -0.1) is 0 Å². The summed E-state index contributed by atoms with van der Waals surface area (Å²) in [5.74, 6) is -0.399. The molecule has 1 fully saturated rings. The average molecular weight is 297 g/mol. The second-order valence-electron chi connectivity index (χ2n) is 4.64. The molecule has 0 spiro atoms. The van der Waals surface area contributed by atoms with Gasteiger partial charge in [0.2, 0.25) is 0 Å². The van der Waals surface area contributed by atoms with Crippen molar-refractivity contribution in [3.63, 3.8) is 0 Å². The van der Waals surface area contributed by atoms with Crippen LogP contribution < -0.4 is 11.1 Å². The van der Waals surface area contributed by atoms with Gasteiger partial charge in [0, 0.05) is 17.2 Å². The number of amidine groups is 1. The number of benzene rings is 1.